The molecule has 2 aliphatic rings. The Morgan fingerprint density at radius 2 is 2.00 bits per heavy atom. The van der Waals surface area contributed by atoms with E-state index in [1.807, 2.05) is 0 Å². The molecule has 0 aromatic heterocycles. The highest BCUT2D eigenvalue weighted by atomic mass is 15.0. The lowest BCUT2D eigenvalue weighted by Crippen LogP contribution is -2.44. The Bertz CT molecular complexity index is 264. The second kappa shape index (κ2) is 5.19. The first-order chi connectivity index (χ1) is 7.78. The third-order valence-corrected chi connectivity index (χ3v) is 4.41. The maximum atomic E-state index is 9.45. The first-order valence-electron chi connectivity index (χ1n) is 6.94. The van der Waals surface area contributed by atoms with Gasteiger partial charge in [0.2, 0.25) is 0 Å². The molecule has 1 N–H and O–H groups in total. The molecule has 2 unspecified atom stereocenters. The predicted octanol–water partition coefficient (Wildman–Crippen LogP) is 3.24. The summed E-state index contributed by atoms with van der Waals surface area (Å²) in [6, 6.07) is 2.57. The molecule has 2 aliphatic carbocycles. The van der Waals surface area contributed by atoms with Crippen molar-refractivity contribution in [3.8, 4) is 6.07 Å². The van der Waals surface area contributed by atoms with Crippen LogP contribution in [0.2, 0.25) is 0 Å². The predicted molar refractivity (Wildman–Crippen MR) is 65.9 cm³/mol. The van der Waals surface area contributed by atoms with Crippen molar-refractivity contribution in [2.45, 2.75) is 63.8 Å². The van der Waals surface area contributed by atoms with Gasteiger partial charge in [-0.3, -0.25) is 5.32 Å². The van der Waals surface area contributed by atoms with Crippen LogP contribution in [0.4, 0.5) is 0 Å². The minimum atomic E-state index is -0.188. The van der Waals surface area contributed by atoms with Crippen LogP contribution in [0.15, 0.2) is 0 Å². The van der Waals surface area contributed by atoms with Crippen molar-refractivity contribution >= 4 is 0 Å². The van der Waals surface area contributed by atoms with Crippen molar-refractivity contribution < 1.29 is 0 Å². The molecule has 2 heteroatoms. The maximum Gasteiger partial charge on any atom is 0.106 e. The third-order valence-electron chi connectivity index (χ3n) is 4.41. The van der Waals surface area contributed by atoms with Crippen molar-refractivity contribution in [1.82, 2.24) is 5.32 Å². The summed E-state index contributed by atoms with van der Waals surface area (Å²) < 4.78 is 0. The van der Waals surface area contributed by atoms with Gasteiger partial charge in [0.1, 0.15) is 5.54 Å². The molecule has 0 amide bonds. The number of nitrogens with one attached hydrogen (secondary N) is 1. The summed E-state index contributed by atoms with van der Waals surface area (Å²) in [7, 11) is 0. The molecule has 0 aliphatic heterocycles. The maximum absolute atomic E-state index is 9.45. The van der Waals surface area contributed by atoms with Crippen LogP contribution in [-0.2, 0) is 0 Å². The van der Waals surface area contributed by atoms with Crippen molar-refractivity contribution in [2.24, 2.45) is 11.8 Å². The van der Waals surface area contributed by atoms with Crippen molar-refractivity contribution in [2.75, 3.05) is 6.54 Å². The van der Waals surface area contributed by atoms with Gasteiger partial charge in [-0.15, -0.1) is 0 Å². The highest BCUT2D eigenvalue weighted by molar-refractivity contribution is 5.08. The van der Waals surface area contributed by atoms with Crippen LogP contribution in [0.1, 0.15) is 58.3 Å². The van der Waals surface area contributed by atoms with E-state index in [9.17, 15) is 5.26 Å². The van der Waals surface area contributed by atoms with Crippen LogP contribution in [0.5, 0.6) is 0 Å². The summed E-state index contributed by atoms with van der Waals surface area (Å²) in [6.45, 7) is 3.35. The molecule has 2 saturated carbocycles. The summed E-state index contributed by atoms with van der Waals surface area (Å²) in [4.78, 5) is 0. The number of hydrogen-bond acceptors (Lipinski definition) is 2. The van der Waals surface area contributed by atoms with Crippen LogP contribution < -0.4 is 5.32 Å². The molecule has 0 aromatic rings. The van der Waals surface area contributed by atoms with Crippen LogP contribution in [-0.4, -0.2) is 12.1 Å². The zero-order valence-electron chi connectivity index (χ0n) is 10.5. The van der Waals surface area contributed by atoms with Gasteiger partial charge in [-0.25, -0.2) is 0 Å². The van der Waals surface area contributed by atoms with Gasteiger partial charge in [-0.1, -0.05) is 26.2 Å². The highest BCUT2D eigenvalue weighted by Gasteiger charge is 2.34. The molecule has 0 saturated heterocycles. The van der Waals surface area contributed by atoms with Gasteiger partial charge in [0.15, 0.2) is 0 Å². The molecule has 0 heterocycles. The molecule has 0 spiro atoms. The van der Waals surface area contributed by atoms with Crippen LogP contribution in [0.3, 0.4) is 0 Å². The lowest BCUT2D eigenvalue weighted by molar-refractivity contribution is 0.351. The van der Waals surface area contributed by atoms with E-state index in [1.54, 1.807) is 0 Å². The largest absolute Gasteiger partial charge is 0.299 e. The Hall–Kier alpha value is -0.550. The SMILES string of the molecule is CCC1CCCC(C#N)(NCC2CC2)CC1. The Labute approximate surface area is 99.4 Å². The van der Waals surface area contributed by atoms with Crippen molar-refractivity contribution in [1.29, 1.82) is 5.26 Å². The molecule has 2 fully saturated rings. The molecular formula is C14H24N2. The van der Waals surface area contributed by atoms with E-state index in [2.05, 4.69) is 18.3 Å². The van der Waals surface area contributed by atoms with Gasteiger partial charge >= 0.3 is 0 Å². The molecule has 0 radical (unpaired) electrons. The number of hydrogen-bond donors (Lipinski definition) is 1. The fraction of sp³-hybridized carbons (Fsp3) is 0.929. The van der Waals surface area contributed by atoms with Crippen molar-refractivity contribution in [3.63, 3.8) is 0 Å². The van der Waals surface area contributed by atoms with E-state index in [0.29, 0.717) is 0 Å². The minimum Gasteiger partial charge on any atom is -0.299 e. The molecule has 2 rings (SSSR count). The topological polar surface area (TPSA) is 35.8 Å². The van der Waals surface area contributed by atoms with E-state index >= 15 is 0 Å². The number of nitriles is 1. The third kappa shape index (κ3) is 2.98. The van der Waals surface area contributed by atoms with Gasteiger partial charge in [0, 0.05) is 0 Å². The first-order valence-corrected chi connectivity index (χ1v) is 6.94. The number of rotatable bonds is 4. The van der Waals surface area contributed by atoms with Gasteiger partial charge in [-0.05, 0) is 50.5 Å². The summed E-state index contributed by atoms with van der Waals surface area (Å²) in [5, 5.41) is 13.0. The Morgan fingerprint density at radius 3 is 2.62 bits per heavy atom. The average Bonchev–Trinajstić information content (AvgIpc) is 3.14. The van der Waals surface area contributed by atoms with Crippen LogP contribution in [0.25, 0.3) is 0 Å². The summed E-state index contributed by atoms with van der Waals surface area (Å²) in [5.41, 5.74) is -0.188. The summed E-state index contributed by atoms with van der Waals surface area (Å²) >= 11 is 0. The summed E-state index contributed by atoms with van der Waals surface area (Å²) in [6.07, 6.45) is 9.93. The fourth-order valence-electron chi connectivity index (χ4n) is 2.81. The molecule has 2 atom stereocenters. The van der Waals surface area contributed by atoms with E-state index in [-0.39, 0.29) is 5.54 Å². The zero-order valence-corrected chi connectivity index (χ0v) is 10.5. The van der Waals surface area contributed by atoms with Crippen molar-refractivity contribution in [3.05, 3.63) is 0 Å². The second-order valence-corrected chi connectivity index (χ2v) is 5.72. The zero-order chi connectivity index (χ0) is 11.4. The van der Waals surface area contributed by atoms with Gasteiger partial charge in [-0.2, -0.15) is 5.26 Å². The first kappa shape index (κ1) is 11.9. The fourth-order valence-corrected chi connectivity index (χ4v) is 2.81. The Kier molecular flexibility index (Phi) is 3.86. The lowest BCUT2D eigenvalue weighted by atomic mass is 9.90. The van der Waals surface area contributed by atoms with Gasteiger partial charge in [0.05, 0.1) is 6.07 Å². The van der Waals surface area contributed by atoms with Crippen LogP contribution >= 0.6 is 0 Å². The van der Waals surface area contributed by atoms with Crippen LogP contribution in [0, 0.1) is 23.2 Å². The quantitative estimate of drug-likeness (QED) is 0.738. The van der Waals surface area contributed by atoms with Gasteiger partial charge in [0.25, 0.3) is 0 Å². The molecule has 90 valence electrons. The molecule has 0 aromatic carbocycles. The standard InChI is InChI=1S/C14H24N2/c1-2-12-4-3-8-14(11-15,9-7-12)16-10-13-5-6-13/h12-13,16H,2-10H2,1H3. The minimum absolute atomic E-state index is 0.188. The molecular weight excluding hydrogens is 196 g/mol. The van der Waals surface area contributed by atoms with E-state index in [1.165, 1.54) is 38.5 Å². The second-order valence-electron chi connectivity index (χ2n) is 5.72. The highest BCUT2D eigenvalue weighted by Crippen LogP contribution is 2.33. The van der Waals surface area contributed by atoms with Gasteiger partial charge < -0.3 is 0 Å². The lowest BCUT2D eigenvalue weighted by Gasteiger charge is -2.26. The Balaban J connectivity index is 1.88. The Morgan fingerprint density at radius 1 is 1.19 bits per heavy atom. The van der Waals surface area contributed by atoms with E-state index in [4.69, 9.17) is 0 Å². The molecule has 16 heavy (non-hydrogen) atoms. The number of nitrogens with zero attached hydrogens (tertiary/aromatic N) is 1. The molecule has 2 nitrogen and oxygen atoms in total. The smallest absolute Gasteiger partial charge is 0.106 e. The average molecular weight is 220 g/mol. The summed E-state index contributed by atoms with van der Waals surface area (Å²) in [5.74, 6) is 1.73. The monoisotopic (exact) mass is 220 g/mol. The van der Waals surface area contributed by atoms with E-state index in [0.717, 1.165) is 31.2 Å². The van der Waals surface area contributed by atoms with E-state index < -0.39 is 0 Å². The normalized spacial score (nSPS) is 35.4. The molecule has 0 bridgehead atoms.